The number of aromatic hydroxyl groups is 1. The van der Waals surface area contributed by atoms with Crippen molar-refractivity contribution in [3.63, 3.8) is 0 Å². The van der Waals surface area contributed by atoms with Gasteiger partial charge in [0.05, 0.1) is 17.8 Å². The molecule has 3 amide bonds. The number of imide groups is 1. The van der Waals surface area contributed by atoms with E-state index in [2.05, 4.69) is 30.6 Å². The van der Waals surface area contributed by atoms with Crippen LogP contribution in [0, 0.1) is 0 Å². The summed E-state index contributed by atoms with van der Waals surface area (Å²) in [5, 5.41) is 24.8. The average molecular weight is 737 g/mol. The molecule has 2 aromatic heterocycles. The first kappa shape index (κ1) is 34.6. The summed E-state index contributed by atoms with van der Waals surface area (Å²) in [6, 6.07) is 16.2. The number of phenolic OH excluding ortho intramolecular Hbond substituents is 1. The van der Waals surface area contributed by atoms with Crippen LogP contribution in [0.25, 0.3) is 11.3 Å². The lowest BCUT2D eigenvalue weighted by atomic mass is 9.93. The van der Waals surface area contributed by atoms with Crippen molar-refractivity contribution in [3.05, 3.63) is 77.1 Å². The van der Waals surface area contributed by atoms with Crippen LogP contribution >= 0.6 is 11.6 Å². The number of phenols is 1. The first-order chi connectivity index (χ1) is 25.7. The molecule has 5 N–H and O–H groups in total. The molecule has 3 atom stereocenters. The first-order valence-corrected chi connectivity index (χ1v) is 18.5. The maximum Gasteiger partial charge on any atom is 0.249 e. The fraction of sp³-hybridized carbons (Fsp3) is 0.395. The molecule has 8 rings (SSSR count). The Kier molecular flexibility index (Phi) is 9.46. The summed E-state index contributed by atoms with van der Waals surface area (Å²) in [6.07, 6.45) is 6.38. The zero-order valence-corrected chi connectivity index (χ0v) is 29.9. The third-order valence-electron chi connectivity index (χ3n) is 10.9. The van der Waals surface area contributed by atoms with Gasteiger partial charge in [-0.15, -0.1) is 10.2 Å². The number of para-hydroxylation sites is 1. The van der Waals surface area contributed by atoms with Gasteiger partial charge in [-0.3, -0.25) is 19.7 Å². The minimum atomic E-state index is -0.508. The maximum absolute atomic E-state index is 13.3. The van der Waals surface area contributed by atoms with Gasteiger partial charge in [-0.25, -0.2) is 9.97 Å². The number of hydrogen-bond acceptors (Lipinski definition) is 12. The summed E-state index contributed by atoms with van der Waals surface area (Å²) >= 11 is 6.57. The highest BCUT2D eigenvalue weighted by atomic mass is 35.5. The second-order valence-electron chi connectivity index (χ2n) is 14.3. The summed E-state index contributed by atoms with van der Waals surface area (Å²) in [5.74, 6) is 0.872. The fourth-order valence-corrected chi connectivity index (χ4v) is 8.37. The predicted molar refractivity (Wildman–Crippen MR) is 201 cm³/mol. The molecule has 2 aromatic carbocycles. The van der Waals surface area contributed by atoms with Crippen LogP contribution in [0.3, 0.4) is 0 Å². The van der Waals surface area contributed by atoms with Crippen molar-refractivity contribution in [2.45, 2.75) is 69.0 Å². The number of nitrogens with two attached hydrogens (primary N) is 1. The van der Waals surface area contributed by atoms with Crippen molar-refractivity contribution in [1.82, 2.24) is 30.4 Å². The standard InChI is InChI=1S/C38H41ClN10O4/c39-28-18-24(42-30-9-10-34(51)44-37(30)53)6-5-23(28)17-35(52)47-15-12-22(13-16-47)29-11-14-41-38(43-29)49-25-7-8-26(49)21-48(20-25)32-19-31(45-46-36(32)40)27-3-1-2-4-33(27)50/h1-6,11,14,18-19,22,25-26,30,42,50H,7-10,12-13,15-17,20-21H2,(H2,40,46)(H,44,51,53)/t25-,26+,30-/m0/s1. The van der Waals surface area contributed by atoms with Crippen LogP contribution < -0.4 is 26.2 Å². The Morgan fingerprint density at radius 3 is 2.49 bits per heavy atom. The number of fused-ring (bicyclic) bond motifs is 2. The largest absolute Gasteiger partial charge is 0.507 e. The van der Waals surface area contributed by atoms with Gasteiger partial charge in [0, 0.05) is 78.8 Å². The van der Waals surface area contributed by atoms with Crippen LogP contribution in [-0.4, -0.2) is 92.2 Å². The Bertz CT molecular complexity index is 2040. The molecule has 4 saturated heterocycles. The highest BCUT2D eigenvalue weighted by Gasteiger charge is 2.42. The number of nitrogens with one attached hydrogen (secondary N) is 2. The zero-order chi connectivity index (χ0) is 36.6. The van der Waals surface area contributed by atoms with Crippen LogP contribution in [0.2, 0.25) is 5.02 Å². The van der Waals surface area contributed by atoms with Gasteiger partial charge in [-0.2, -0.15) is 0 Å². The Labute approximate surface area is 311 Å². The second kappa shape index (κ2) is 14.5. The van der Waals surface area contributed by atoms with E-state index < -0.39 is 6.04 Å². The van der Waals surface area contributed by atoms with Gasteiger partial charge in [0.2, 0.25) is 23.7 Å². The van der Waals surface area contributed by atoms with Crippen LogP contribution in [0.4, 0.5) is 23.1 Å². The number of nitrogens with zero attached hydrogens (tertiary/aromatic N) is 7. The molecule has 15 heteroatoms. The molecular weight excluding hydrogens is 696 g/mol. The molecule has 14 nitrogen and oxygen atoms in total. The van der Waals surface area contributed by atoms with E-state index in [1.165, 1.54) is 0 Å². The first-order valence-electron chi connectivity index (χ1n) is 18.1. The van der Waals surface area contributed by atoms with Crippen molar-refractivity contribution in [1.29, 1.82) is 0 Å². The molecular formula is C38H41ClN10O4. The molecule has 53 heavy (non-hydrogen) atoms. The third kappa shape index (κ3) is 7.15. The van der Waals surface area contributed by atoms with Gasteiger partial charge in [-0.1, -0.05) is 29.8 Å². The molecule has 4 aliphatic heterocycles. The summed E-state index contributed by atoms with van der Waals surface area (Å²) < 4.78 is 0. The number of benzene rings is 2. The quantitative estimate of drug-likeness (QED) is 0.192. The topological polar surface area (TPSA) is 183 Å². The molecule has 4 aromatic rings. The molecule has 0 saturated carbocycles. The van der Waals surface area contributed by atoms with Crippen LogP contribution in [-0.2, 0) is 20.8 Å². The number of carbonyl (C=O) groups is 3. The number of halogens is 1. The Morgan fingerprint density at radius 1 is 0.981 bits per heavy atom. The molecule has 2 bridgehead atoms. The molecule has 274 valence electrons. The van der Waals surface area contributed by atoms with E-state index in [0.29, 0.717) is 47.3 Å². The summed E-state index contributed by atoms with van der Waals surface area (Å²) in [5.41, 5.74) is 10.7. The Morgan fingerprint density at radius 2 is 1.75 bits per heavy atom. The molecule has 0 spiro atoms. The number of likely N-dealkylation sites (tertiary alicyclic amines) is 1. The van der Waals surface area contributed by atoms with E-state index in [4.69, 9.17) is 27.3 Å². The molecule has 4 fully saturated rings. The minimum Gasteiger partial charge on any atom is -0.507 e. The van der Waals surface area contributed by atoms with Crippen molar-refractivity contribution in [2.24, 2.45) is 0 Å². The lowest BCUT2D eigenvalue weighted by Gasteiger charge is -2.42. The molecule has 4 aliphatic rings. The zero-order valence-electron chi connectivity index (χ0n) is 29.1. The van der Waals surface area contributed by atoms with Crippen LogP contribution in [0.15, 0.2) is 60.8 Å². The van der Waals surface area contributed by atoms with E-state index in [0.717, 1.165) is 61.7 Å². The van der Waals surface area contributed by atoms with E-state index in [-0.39, 0.29) is 54.3 Å². The van der Waals surface area contributed by atoms with Gasteiger partial charge >= 0.3 is 0 Å². The monoisotopic (exact) mass is 736 g/mol. The van der Waals surface area contributed by atoms with Crippen molar-refractivity contribution in [2.75, 3.05) is 47.0 Å². The van der Waals surface area contributed by atoms with Crippen molar-refractivity contribution in [3.8, 4) is 17.0 Å². The fourth-order valence-electron chi connectivity index (χ4n) is 8.12. The highest BCUT2D eigenvalue weighted by Crippen LogP contribution is 2.39. The average Bonchev–Trinajstić information content (AvgIpc) is 3.43. The van der Waals surface area contributed by atoms with Gasteiger partial charge in [0.15, 0.2) is 5.82 Å². The lowest BCUT2D eigenvalue weighted by molar-refractivity contribution is -0.134. The second-order valence-corrected chi connectivity index (χ2v) is 14.7. The van der Waals surface area contributed by atoms with Crippen LogP contribution in [0.1, 0.15) is 55.7 Å². The number of carbonyl (C=O) groups excluding carboxylic acids is 3. The summed E-state index contributed by atoms with van der Waals surface area (Å²) in [6.45, 7) is 2.74. The minimum absolute atomic E-state index is 0.0202. The van der Waals surface area contributed by atoms with E-state index in [9.17, 15) is 19.5 Å². The van der Waals surface area contributed by atoms with Crippen molar-refractivity contribution >= 4 is 52.5 Å². The molecule has 0 aliphatic carbocycles. The Hall–Kier alpha value is -5.50. The number of piperazine rings is 1. The smallest absolute Gasteiger partial charge is 0.249 e. The van der Waals surface area contributed by atoms with E-state index >= 15 is 0 Å². The SMILES string of the molecule is Nc1nnc(-c2ccccc2O)cc1N1C[C@H]2CC[C@@H](C1)N2c1nccc(C2CCN(C(=O)Cc3ccc(N[C@H]4CCC(=O)NC4=O)cc3Cl)CC2)n1. The third-order valence-corrected chi connectivity index (χ3v) is 11.3. The predicted octanol–water partition coefficient (Wildman–Crippen LogP) is 3.90. The van der Waals surface area contributed by atoms with Gasteiger partial charge < -0.3 is 30.9 Å². The Balaban J connectivity index is 0.874. The maximum atomic E-state index is 13.3. The van der Waals surface area contributed by atoms with E-state index in [1.54, 1.807) is 18.2 Å². The number of nitrogen functional groups attached to an aromatic ring is 1. The number of rotatable bonds is 8. The lowest BCUT2D eigenvalue weighted by Crippen LogP contribution is -2.54. The van der Waals surface area contributed by atoms with Gasteiger partial charge in [0.25, 0.3) is 0 Å². The highest BCUT2D eigenvalue weighted by molar-refractivity contribution is 6.31. The van der Waals surface area contributed by atoms with E-state index in [1.807, 2.05) is 47.5 Å². The molecule has 0 radical (unpaired) electrons. The van der Waals surface area contributed by atoms with Gasteiger partial charge in [-0.05, 0) is 74.1 Å². The number of anilines is 4. The molecule has 6 heterocycles. The number of amides is 3. The number of aromatic nitrogens is 4. The summed E-state index contributed by atoms with van der Waals surface area (Å²) in [4.78, 5) is 53.3. The number of hydrogen-bond donors (Lipinski definition) is 4. The van der Waals surface area contributed by atoms with Crippen LogP contribution in [0.5, 0.6) is 5.75 Å². The number of piperidine rings is 2. The van der Waals surface area contributed by atoms with Crippen molar-refractivity contribution < 1.29 is 19.5 Å². The normalized spacial score (nSPS) is 21.8. The molecule has 0 unspecified atom stereocenters. The summed E-state index contributed by atoms with van der Waals surface area (Å²) in [7, 11) is 0. The van der Waals surface area contributed by atoms with Gasteiger partial charge in [0.1, 0.15) is 11.8 Å².